The van der Waals surface area contributed by atoms with Gasteiger partial charge >= 0.3 is 6.03 Å². The number of ether oxygens (including phenoxy) is 1. The lowest BCUT2D eigenvalue weighted by Crippen LogP contribution is -2.35. The minimum atomic E-state index is -0.515. The molecule has 1 fully saturated rings. The quantitative estimate of drug-likeness (QED) is 0.857. The molecule has 2 rings (SSSR count). The standard InChI is InChI=1S/C13H16N2O3/c1-2-18-11-6-4-3-5-10(11)14-13(17)15-12(16)9-7-8-9/h3-6,9H,2,7-8H2,1H3,(H2,14,15,16,17). The Morgan fingerprint density at radius 2 is 2.06 bits per heavy atom. The number of rotatable bonds is 4. The number of hydrogen-bond donors (Lipinski definition) is 2. The molecule has 1 aliphatic carbocycles. The summed E-state index contributed by atoms with van der Waals surface area (Å²) in [5.74, 6) is 0.397. The van der Waals surface area contributed by atoms with Crippen LogP contribution in [0.1, 0.15) is 19.8 Å². The van der Waals surface area contributed by atoms with Crippen molar-refractivity contribution in [3.05, 3.63) is 24.3 Å². The Morgan fingerprint density at radius 3 is 2.72 bits per heavy atom. The Labute approximate surface area is 106 Å². The zero-order valence-corrected chi connectivity index (χ0v) is 10.2. The van der Waals surface area contributed by atoms with Gasteiger partial charge in [0.1, 0.15) is 5.75 Å². The van der Waals surface area contributed by atoms with Crippen LogP contribution in [-0.2, 0) is 4.79 Å². The average molecular weight is 248 g/mol. The van der Waals surface area contributed by atoms with Gasteiger partial charge in [-0.2, -0.15) is 0 Å². The fourth-order valence-electron chi connectivity index (χ4n) is 1.56. The third kappa shape index (κ3) is 3.23. The second kappa shape index (κ2) is 5.53. The van der Waals surface area contributed by atoms with Gasteiger partial charge in [-0.1, -0.05) is 12.1 Å². The highest BCUT2D eigenvalue weighted by molar-refractivity contribution is 6.03. The zero-order valence-electron chi connectivity index (χ0n) is 10.2. The van der Waals surface area contributed by atoms with E-state index in [1.54, 1.807) is 18.2 Å². The minimum absolute atomic E-state index is 0.0119. The number of anilines is 1. The second-order valence-electron chi connectivity index (χ2n) is 4.15. The maximum absolute atomic E-state index is 11.6. The van der Waals surface area contributed by atoms with Crippen LogP contribution in [0.15, 0.2) is 24.3 Å². The molecule has 0 radical (unpaired) electrons. The van der Waals surface area contributed by atoms with Crippen LogP contribution < -0.4 is 15.4 Å². The van der Waals surface area contributed by atoms with Crippen molar-refractivity contribution in [1.29, 1.82) is 0 Å². The third-order valence-electron chi connectivity index (χ3n) is 2.62. The molecule has 1 aliphatic rings. The van der Waals surface area contributed by atoms with Crippen molar-refractivity contribution in [1.82, 2.24) is 5.32 Å². The van der Waals surface area contributed by atoms with E-state index in [-0.39, 0.29) is 11.8 Å². The number of benzene rings is 1. The molecule has 0 aromatic heterocycles. The smallest absolute Gasteiger partial charge is 0.325 e. The molecule has 1 saturated carbocycles. The summed E-state index contributed by atoms with van der Waals surface area (Å²) >= 11 is 0. The molecule has 3 amide bonds. The van der Waals surface area contributed by atoms with Gasteiger partial charge in [-0.05, 0) is 31.9 Å². The largest absolute Gasteiger partial charge is 0.492 e. The number of carbonyl (C=O) groups is 2. The van der Waals surface area contributed by atoms with E-state index in [0.717, 1.165) is 12.8 Å². The van der Waals surface area contributed by atoms with Crippen molar-refractivity contribution < 1.29 is 14.3 Å². The van der Waals surface area contributed by atoms with Gasteiger partial charge in [0.25, 0.3) is 0 Å². The summed E-state index contributed by atoms with van der Waals surface area (Å²) < 4.78 is 5.38. The van der Waals surface area contributed by atoms with Gasteiger partial charge in [0.15, 0.2) is 0 Å². The fourth-order valence-corrected chi connectivity index (χ4v) is 1.56. The molecule has 96 valence electrons. The summed E-state index contributed by atoms with van der Waals surface area (Å²) in [5, 5.41) is 4.93. The number of amides is 3. The van der Waals surface area contributed by atoms with Gasteiger partial charge in [-0.15, -0.1) is 0 Å². The summed E-state index contributed by atoms with van der Waals surface area (Å²) in [4.78, 5) is 23.0. The predicted octanol–water partition coefficient (Wildman–Crippen LogP) is 2.14. The molecule has 1 aromatic rings. The second-order valence-corrected chi connectivity index (χ2v) is 4.15. The van der Waals surface area contributed by atoms with E-state index >= 15 is 0 Å². The molecule has 5 heteroatoms. The molecule has 5 nitrogen and oxygen atoms in total. The van der Waals surface area contributed by atoms with Crippen LogP contribution in [0.25, 0.3) is 0 Å². The highest BCUT2D eigenvalue weighted by Crippen LogP contribution is 2.29. The van der Waals surface area contributed by atoms with Crippen molar-refractivity contribution in [3.8, 4) is 5.75 Å². The van der Waals surface area contributed by atoms with Crippen LogP contribution in [0.3, 0.4) is 0 Å². The highest BCUT2D eigenvalue weighted by Gasteiger charge is 2.30. The van der Waals surface area contributed by atoms with Crippen LogP contribution in [0, 0.1) is 5.92 Å². The first-order valence-electron chi connectivity index (χ1n) is 6.04. The van der Waals surface area contributed by atoms with Gasteiger partial charge in [0, 0.05) is 5.92 Å². The maximum Gasteiger partial charge on any atom is 0.325 e. The summed E-state index contributed by atoms with van der Waals surface area (Å²) in [6.45, 7) is 2.38. The minimum Gasteiger partial charge on any atom is -0.492 e. The van der Waals surface area contributed by atoms with Crippen molar-refractivity contribution >= 4 is 17.6 Å². The van der Waals surface area contributed by atoms with Crippen LogP contribution in [0.5, 0.6) is 5.75 Å². The van der Waals surface area contributed by atoms with Gasteiger partial charge in [0.05, 0.1) is 12.3 Å². The molecule has 0 saturated heterocycles. The molecule has 0 atom stereocenters. The van der Waals surface area contributed by atoms with Gasteiger partial charge in [-0.25, -0.2) is 4.79 Å². The number of hydrogen-bond acceptors (Lipinski definition) is 3. The van der Waals surface area contributed by atoms with Crippen LogP contribution in [0.2, 0.25) is 0 Å². The van der Waals surface area contributed by atoms with Gasteiger partial charge < -0.3 is 10.1 Å². The lowest BCUT2D eigenvalue weighted by molar-refractivity contribution is -0.121. The van der Waals surface area contributed by atoms with Gasteiger partial charge in [0.2, 0.25) is 5.91 Å². The first kappa shape index (κ1) is 12.4. The van der Waals surface area contributed by atoms with E-state index < -0.39 is 6.03 Å². The van der Waals surface area contributed by atoms with Crippen molar-refractivity contribution in [2.24, 2.45) is 5.92 Å². The zero-order chi connectivity index (χ0) is 13.0. The Kier molecular flexibility index (Phi) is 3.82. The number of imide groups is 1. The molecular formula is C13H16N2O3. The summed E-state index contributed by atoms with van der Waals surface area (Å²) in [7, 11) is 0. The Morgan fingerprint density at radius 1 is 1.33 bits per heavy atom. The maximum atomic E-state index is 11.6. The molecule has 0 heterocycles. The molecule has 0 unspecified atom stereocenters. The predicted molar refractivity (Wildman–Crippen MR) is 67.5 cm³/mol. The number of carbonyl (C=O) groups excluding carboxylic acids is 2. The van der Waals surface area contributed by atoms with E-state index in [9.17, 15) is 9.59 Å². The highest BCUT2D eigenvalue weighted by atomic mass is 16.5. The molecule has 2 N–H and O–H groups in total. The van der Waals surface area contributed by atoms with E-state index in [0.29, 0.717) is 18.0 Å². The Balaban J connectivity index is 1.95. The van der Waals surface area contributed by atoms with Crippen molar-refractivity contribution in [2.45, 2.75) is 19.8 Å². The Hall–Kier alpha value is -2.04. The monoisotopic (exact) mass is 248 g/mol. The summed E-state index contributed by atoms with van der Waals surface area (Å²) in [6.07, 6.45) is 1.74. The van der Waals surface area contributed by atoms with Crippen LogP contribution >= 0.6 is 0 Å². The first-order valence-corrected chi connectivity index (χ1v) is 6.04. The van der Waals surface area contributed by atoms with E-state index in [4.69, 9.17) is 4.74 Å². The molecule has 0 bridgehead atoms. The van der Waals surface area contributed by atoms with Crippen LogP contribution in [0.4, 0.5) is 10.5 Å². The summed E-state index contributed by atoms with van der Waals surface area (Å²) in [5.41, 5.74) is 0.556. The lowest BCUT2D eigenvalue weighted by atomic mass is 10.3. The molecule has 18 heavy (non-hydrogen) atoms. The number of para-hydroxylation sites is 2. The van der Waals surface area contributed by atoms with E-state index in [2.05, 4.69) is 10.6 Å². The van der Waals surface area contributed by atoms with Gasteiger partial charge in [-0.3, -0.25) is 10.1 Å². The first-order chi connectivity index (χ1) is 8.70. The SMILES string of the molecule is CCOc1ccccc1NC(=O)NC(=O)C1CC1. The lowest BCUT2D eigenvalue weighted by Gasteiger charge is -2.11. The molecule has 1 aromatic carbocycles. The van der Waals surface area contributed by atoms with Crippen molar-refractivity contribution in [3.63, 3.8) is 0 Å². The third-order valence-corrected chi connectivity index (χ3v) is 2.62. The molecule has 0 aliphatic heterocycles. The Bertz CT molecular complexity index is 455. The topological polar surface area (TPSA) is 67.4 Å². The fraction of sp³-hybridized carbons (Fsp3) is 0.385. The normalized spacial score (nSPS) is 13.8. The average Bonchev–Trinajstić information content (AvgIpc) is 3.15. The van der Waals surface area contributed by atoms with Crippen LogP contribution in [-0.4, -0.2) is 18.5 Å². The van der Waals surface area contributed by atoms with E-state index in [1.165, 1.54) is 0 Å². The molecular weight excluding hydrogens is 232 g/mol. The number of urea groups is 1. The molecule has 0 spiro atoms. The number of nitrogens with one attached hydrogen (secondary N) is 2. The van der Waals surface area contributed by atoms with E-state index in [1.807, 2.05) is 13.0 Å². The summed E-state index contributed by atoms with van der Waals surface area (Å²) in [6, 6.07) is 6.59. The van der Waals surface area contributed by atoms with Crippen molar-refractivity contribution in [2.75, 3.05) is 11.9 Å².